The van der Waals surface area contributed by atoms with Gasteiger partial charge in [0.05, 0.1) is 28.4 Å². The summed E-state index contributed by atoms with van der Waals surface area (Å²) in [6.07, 6.45) is -5.04. The van der Waals surface area contributed by atoms with Crippen LogP contribution in [0.3, 0.4) is 0 Å². The number of Topliss-reactive ketones (excluding diaryl/α,β-unsaturated/α-hetero) is 1. The number of aromatic hydroxyl groups is 1. The summed E-state index contributed by atoms with van der Waals surface area (Å²) < 4.78 is 41.5. The monoisotopic (exact) mass is 535 g/mol. The van der Waals surface area contributed by atoms with Gasteiger partial charge >= 0.3 is 12.1 Å². The molecule has 0 saturated carbocycles. The Hall–Kier alpha value is -5.24. The fraction of sp³-hybridized carbons (Fsp3) is 0.107. The van der Waals surface area contributed by atoms with Crippen LogP contribution in [0.2, 0.25) is 0 Å². The highest BCUT2D eigenvalue weighted by atomic mass is 19.4. The molecule has 1 amide bonds. The smallest absolute Gasteiger partial charge is 0.417 e. The van der Waals surface area contributed by atoms with E-state index in [1.807, 2.05) is 0 Å². The number of carboxylic acids is 1. The number of carboxylic acid groups (broad SMARTS) is 1. The fourth-order valence-electron chi connectivity index (χ4n) is 3.78. The van der Waals surface area contributed by atoms with Gasteiger partial charge in [0.2, 0.25) is 0 Å². The van der Waals surface area contributed by atoms with Gasteiger partial charge in [0.25, 0.3) is 5.91 Å². The number of hydrogen-bond acceptors (Lipinski definition) is 6. The number of phenols is 1. The number of nitrogens with one attached hydrogen (secondary N) is 2. The number of nitrogens with zero attached hydrogens (tertiary/aromatic N) is 1. The molecule has 3 aromatic carbocycles. The molecule has 0 aliphatic rings. The van der Waals surface area contributed by atoms with Crippen LogP contribution in [0.1, 0.15) is 50.8 Å². The van der Waals surface area contributed by atoms with Gasteiger partial charge in [-0.15, -0.1) is 0 Å². The van der Waals surface area contributed by atoms with Crippen molar-refractivity contribution in [3.8, 4) is 22.9 Å². The van der Waals surface area contributed by atoms with E-state index in [0.717, 1.165) is 42.5 Å². The Morgan fingerprint density at radius 2 is 1.69 bits per heavy atom. The topological polar surface area (TPSA) is 151 Å². The molecule has 0 bridgehead atoms. The van der Waals surface area contributed by atoms with Crippen LogP contribution in [0, 0.1) is 16.7 Å². The first-order valence-corrected chi connectivity index (χ1v) is 11.1. The van der Waals surface area contributed by atoms with E-state index in [9.17, 15) is 37.8 Å². The molecule has 0 aliphatic carbocycles. The summed E-state index contributed by atoms with van der Waals surface area (Å²) in [5.41, 5.74) is -3.74. The van der Waals surface area contributed by atoms with Crippen LogP contribution >= 0.6 is 0 Å². The molecule has 0 saturated heterocycles. The number of rotatable bonds is 8. The van der Waals surface area contributed by atoms with Gasteiger partial charge in [-0.05, 0) is 54.4 Å². The van der Waals surface area contributed by atoms with Crippen molar-refractivity contribution in [3.63, 3.8) is 0 Å². The number of anilines is 1. The molecule has 0 unspecified atom stereocenters. The first-order valence-electron chi connectivity index (χ1n) is 11.1. The number of allylic oxidation sites excluding steroid dienone is 1. The molecule has 0 heterocycles. The molecule has 3 aromatic rings. The number of hydrogen-bond donors (Lipinski definition) is 4. The van der Waals surface area contributed by atoms with E-state index in [2.05, 4.69) is 11.9 Å². The van der Waals surface area contributed by atoms with E-state index in [-0.39, 0.29) is 28.8 Å². The molecular weight excluding hydrogens is 515 g/mol. The van der Waals surface area contributed by atoms with Crippen LogP contribution < -0.4 is 5.32 Å². The first kappa shape index (κ1) is 28.3. The Morgan fingerprint density at radius 1 is 1.03 bits per heavy atom. The normalized spacial score (nSPS) is 10.8. The fourth-order valence-corrected chi connectivity index (χ4v) is 3.78. The van der Waals surface area contributed by atoms with Gasteiger partial charge in [0.15, 0.2) is 5.78 Å². The molecule has 39 heavy (non-hydrogen) atoms. The summed E-state index contributed by atoms with van der Waals surface area (Å²) in [5, 5.41) is 39.5. The molecule has 198 valence electrons. The lowest BCUT2D eigenvalue weighted by molar-refractivity contribution is -0.137. The van der Waals surface area contributed by atoms with Crippen LogP contribution in [-0.2, 0) is 11.0 Å². The van der Waals surface area contributed by atoms with E-state index in [1.54, 1.807) is 13.0 Å². The van der Waals surface area contributed by atoms with Crippen molar-refractivity contribution in [3.05, 3.63) is 94.6 Å². The third-order valence-electron chi connectivity index (χ3n) is 5.54. The number of halogens is 3. The maximum Gasteiger partial charge on any atom is 0.417 e. The van der Waals surface area contributed by atoms with Gasteiger partial charge in [-0.3, -0.25) is 15.0 Å². The highest BCUT2D eigenvalue weighted by molar-refractivity contribution is 6.48. The van der Waals surface area contributed by atoms with Gasteiger partial charge in [0, 0.05) is 17.5 Å². The average Bonchev–Trinajstić information content (AvgIpc) is 2.87. The number of amides is 1. The van der Waals surface area contributed by atoms with Crippen molar-refractivity contribution in [2.45, 2.75) is 19.5 Å². The molecule has 0 fully saturated rings. The zero-order chi connectivity index (χ0) is 29.1. The van der Waals surface area contributed by atoms with Crippen LogP contribution in [-0.4, -0.2) is 33.6 Å². The lowest BCUT2D eigenvalue weighted by Crippen LogP contribution is -2.24. The molecule has 8 nitrogen and oxygen atoms in total. The van der Waals surface area contributed by atoms with Crippen molar-refractivity contribution in [2.75, 3.05) is 5.32 Å². The Kier molecular flexibility index (Phi) is 8.01. The standard InChI is InChI=1S/C28H20F3N3O5/c1-14(2)9-23(35)18-12-24(36)20(11-17(18)16-5-3-4-6-21(16)28(29,30)31)25(33)26(37)34-22-8-7-15(13-32)10-19(22)27(38)39/h3-8,10-12,33,36H,1,9H2,2H3,(H,34,37)(H,38,39). The molecule has 0 aliphatic heterocycles. The quantitative estimate of drug-likeness (QED) is 0.162. The van der Waals surface area contributed by atoms with Crippen molar-refractivity contribution in [1.82, 2.24) is 0 Å². The van der Waals surface area contributed by atoms with Crippen LogP contribution in [0.5, 0.6) is 5.75 Å². The van der Waals surface area contributed by atoms with Crippen LogP contribution in [0.4, 0.5) is 18.9 Å². The second kappa shape index (κ2) is 11.0. The molecule has 3 rings (SSSR count). The predicted molar refractivity (Wildman–Crippen MR) is 136 cm³/mol. The van der Waals surface area contributed by atoms with E-state index in [0.29, 0.717) is 5.57 Å². The summed E-state index contributed by atoms with van der Waals surface area (Å²) in [7, 11) is 0. The van der Waals surface area contributed by atoms with Crippen molar-refractivity contribution < 1.29 is 37.8 Å². The minimum Gasteiger partial charge on any atom is -0.507 e. The molecule has 0 spiro atoms. The SMILES string of the molecule is C=C(C)CC(=O)c1cc(O)c(C(=N)C(=O)Nc2ccc(C#N)cc2C(=O)O)cc1-c1ccccc1C(F)(F)F. The van der Waals surface area contributed by atoms with E-state index >= 15 is 0 Å². The number of carbonyl (C=O) groups excluding carboxylic acids is 2. The maximum absolute atomic E-state index is 13.8. The third-order valence-corrected chi connectivity index (χ3v) is 5.54. The van der Waals surface area contributed by atoms with Crippen LogP contribution in [0.15, 0.2) is 66.7 Å². The number of ketones is 1. The summed E-state index contributed by atoms with van der Waals surface area (Å²) in [6, 6.07) is 11.4. The van der Waals surface area contributed by atoms with Crippen molar-refractivity contribution >= 4 is 29.1 Å². The molecule has 0 atom stereocenters. The number of benzene rings is 3. The van der Waals surface area contributed by atoms with Gasteiger partial charge in [-0.2, -0.15) is 18.4 Å². The Balaban J connectivity index is 2.15. The molecule has 0 aromatic heterocycles. The lowest BCUT2D eigenvalue weighted by Gasteiger charge is -2.18. The van der Waals surface area contributed by atoms with E-state index in [4.69, 9.17) is 10.7 Å². The lowest BCUT2D eigenvalue weighted by atomic mass is 9.88. The highest BCUT2D eigenvalue weighted by Crippen LogP contribution is 2.40. The Bertz CT molecular complexity index is 1590. The molecule has 0 radical (unpaired) electrons. The minimum absolute atomic E-state index is 0.00103. The number of nitriles is 1. The number of aromatic carboxylic acids is 1. The zero-order valence-electron chi connectivity index (χ0n) is 20.3. The maximum atomic E-state index is 13.8. The summed E-state index contributed by atoms with van der Waals surface area (Å²) in [4.78, 5) is 37.4. The van der Waals surface area contributed by atoms with Gasteiger partial charge in [-0.1, -0.05) is 30.4 Å². The van der Waals surface area contributed by atoms with Gasteiger partial charge in [-0.25, -0.2) is 4.79 Å². The largest absolute Gasteiger partial charge is 0.507 e. The Labute approximate surface area is 220 Å². The predicted octanol–water partition coefficient (Wildman–Crippen LogP) is 5.80. The summed E-state index contributed by atoms with van der Waals surface area (Å²) in [6.45, 7) is 5.18. The molecule has 11 heteroatoms. The second-order valence-corrected chi connectivity index (χ2v) is 8.52. The number of phenolic OH excluding ortho intramolecular Hbond substituents is 1. The zero-order valence-corrected chi connectivity index (χ0v) is 20.3. The number of carbonyl (C=O) groups is 3. The minimum atomic E-state index is -4.81. The van der Waals surface area contributed by atoms with E-state index in [1.165, 1.54) is 12.1 Å². The highest BCUT2D eigenvalue weighted by Gasteiger charge is 2.35. The van der Waals surface area contributed by atoms with Crippen molar-refractivity contribution in [2.24, 2.45) is 0 Å². The second-order valence-electron chi connectivity index (χ2n) is 8.52. The summed E-state index contributed by atoms with van der Waals surface area (Å²) >= 11 is 0. The van der Waals surface area contributed by atoms with Gasteiger partial charge < -0.3 is 15.5 Å². The first-order chi connectivity index (χ1) is 18.2. The van der Waals surface area contributed by atoms with E-state index < -0.39 is 57.6 Å². The van der Waals surface area contributed by atoms with Crippen LogP contribution in [0.25, 0.3) is 11.1 Å². The van der Waals surface area contributed by atoms with Gasteiger partial charge in [0.1, 0.15) is 11.5 Å². The molecular formula is C28H20F3N3O5. The Morgan fingerprint density at radius 3 is 2.28 bits per heavy atom. The van der Waals surface area contributed by atoms with Crippen molar-refractivity contribution in [1.29, 1.82) is 10.7 Å². The summed E-state index contributed by atoms with van der Waals surface area (Å²) in [5.74, 6) is -4.04. The molecule has 4 N–H and O–H groups in total. The third kappa shape index (κ3) is 6.19. The number of alkyl halides is 3. The average molecular weight is 535 g/mol.